The van der Waals surface area contributed by atoms with E-state index in [1.54, 1.807) is 19.1 Å². The Morgan fingerprint density at radius 2 is 1.84 bits per heavy atom. The lowest BCUT2D eigenvalue weighted by Gasteiger charge is -2.15. The molecule has 1 N–H and O–H groups in total. The topological polar surface area (TPSA) is 87.9 Å². The molecule has 9 heteroatoms. The molecule has 2 aromatic carbocycles. The van der Waals surface area contributed by atoms with Crippen LogP contribution in [0.15, 0.2) is 60.7 Å². The smallest absolute Gasteiger partial charge is 0.422 e. The SMILES string of the molecule is CC(NC(=O)c1ccc(OCC(F)(F)F)nn1)c1ccc(-c2cccc(C#N)c2)cc1. The first-order valence-electron chi connectivity index (χ1n) is 9.20. The number of amides is 1. The number of hydrogen-bond acceptors (Lipinski definition) is 5. The molecule has 0 spiro atoms. The van der Waals surface area contributed by atoms with Gasteiger partial charge in [0.25, 0.3) is 5.91 Å². The van der Waals surface area contributed by atoms with Crippen molar-refractivity contribution in [3.63, 3.8) is 0 Å². The number of halogens is 3. The number of nitrogens with zero attached hydrogens (tertiary/aromatic N) is 3. The molecular weight excluding hydrogens is 409 g/mol. The van der Waals surface area contributed by atoms with E-state index in [0.29, 0.717) is 5.56 Å². The van der Waals surface area contributed by atoms with E-state index in [-0.39, 0.29) is 17.6 Å². The van der Waals surface area contributed by atoms with E-state index in [4.69, 9.17) is 5.26 Å². The molecule has 0 saturated heterocycles. The van der Waals surface area contributed by atoms with Crippen LogP contribution >= 0.6 is 0 Å². The average molecular weight is 426 g/mol. The Hall–Kier alpha value is -3.93. The van der Waals surface area contributed by atoms with Gasteiger partial charge in [-0.1, -0.05) is 36.4 Å². The minimum atomic E-state index is -4.48. The molecule has 1 aromatic heterocycles. The van der Waals surface area contributed by atoms with E-state index in [9.17, 15) is 18.0 Å². The maximum Gasteiger partial charge on any atom is 0.422 e. The zero-order valence-electron chi connectivity index (χ0n) is 16.3. The van der Waals surface area contributed by atoms with Gasteiger partial charge in [0.2, 0.25) is 5.88 Å². The molecule has 0 radical (unpaired) electrons. The summed E-state index contributed by atoms with van der Waals surface area (Å²) in [5, 5.41) is 18.9. The monoisotopic (exact) mass is 426 g/mol. The van der Waals surface area contributed by atoms with Gasteiger partial charge in [-0.15, -0.1) is 10.2 Å². The first kappa shape index (κ1) is 21.8. The van der Waals surface area contributed by atoms with Gasteiger partial charge in [-0.3, -0.25) is 4.79 Å². The summed E-state index contributed by atoms with van der Waals surface area (Å²) in [6, 6.07) is 18.9. The quantitative estimate of drug-likeness (QED) is 0.629. The fourth-order valence-electron chi connectivity index (χ4n) is 2.76. The van der Waals surface area contributed by atoms with Crippen LogP contribution in [0.1, 0.15) is 34.6 Å². The lowest BCUT2D eigenvalue weighted by atomic mass is 10.00. The molecule has 31 heavy (non-hydrogen) atoms. The number of rotatable bonds is 6. The Balaban J connectivity index is 1.62. The van der Waals surface area contributed by atoms with E-state index in [1.807, 2.05) is 36.4 Å². The summed E-state index contributed by atoms with van der Waals surface area (Å²) in [7, 11) is 0. The number of alkyl halides is 3. The van der Waals surface area contributed by atoms with Crippen molar-refractivity contribution in [2.45, 2.75) is 19.1 Å². The summed E-state index contributed by atoms with van der Waals surface area (Å²) in [5.74, 6) is -0.842. The summed E-state index contributed by atoms with van der Waals surface area (Å²) in [5.41, 5.74) is 3.20. The molecule has 158 valence electrons. The van der Waals surface area contributed by atoms with Gasteiger partial charge in [0, 0.05) is 6.07 Å². The number of ether oxygens (including phenoxy) is 1. The number of nitriles is 1. The fourth-order valence-corrected chi connectivity index (χ4v) is 2.76. The number of carbonyl (C=O) groups excluding carboxylic acids is 1. The standard InChI is InChI=1S/C22H17F3N4O2/c1-14(16-5-7-17(8-6-16)18-4-2-3-15(11-18)12-26)27-21(30)19-9-10-20(29-28-19)31-13-22(23,24)25/h2-11,14H,13H2,1H3,(H,27,30). The maximum absolute atomic E-state index is 12.4. The van der Waals surface area contributed by atoms with Crippen molar-refractivity contribution in [3.05, 3.63) is 77.5 Å². The molecule has 0 fully saturated rings. The second-order valence-electron chi connectivity index (χ2n) is 6.67. The van der Waals surface area contributed by atoms with Crippen molar-refractivity contribution in [2.75, 3.05) is 6.61 Å². The van der Waals surface area contributed by atoms with Crippen molar-refractivity contribution in [2.24, 2.45) is 0 Å². The Kier molecular flexibility index (Phi) is 6.50. The van der Waals surface area contributed by atoms with Gasteiger partial charge in [-0.05, 0) is 41.8 Å². The van der Waals surface area contributed by atoms with Gasteiger partial charge in [-0.2, -0.15) is 18.4 Å². The Morgan fingerprint density at radius 1 is 1.10 bits per heavy atom. The summed E-state index contributed by atoms with van der Waals surface area (Å²) < 4.78 is 40.9. The van der Waals surface area contributed by atoms with E-state index in [2.05, 4.69) is 26.3 Å². The van der Waals surface area contributed by atoms with Crippen molar-refractivity contribution >= 4 is 5.91 Å². The highest BCUT2D eigenvalue weighted by Crippen LogP contribution is 2.23. The summed E-state index contributed by atoms with van der Waals surface area (Å²) in [6.45, 7) is 0.304. The molecular formula is C22H17F3N4O2. The average Bonchev–Trinajstić information content (AvgIpc) is 2.77. The third-order valence-corrected chi connectivity index (χ3v) is 4.34. The van der Waals surface area contributed by atoms with E-state index in [1.165, 1.54) is 6.07 Å². The molecule has 0 aliphatic heterocycles. The lowest BCUT2D eigenvalue weighted by molar-refractivity contribution is -0.154. The molecule has 1 atom stereocenters. The van der Waals surface area contributed by atoms with E-state index < -0.39 is 18.7 Å². The largest absolute Gasteiger partial charge is 0.467 e. The van der Waals surface area contributed by atoms with Crippen LogP contribution < -0.4 is 10.1 Å². The zero-order valence-corrected chi connectivity index (χ0v) is 16.3. The van der Waals surface area contributed by atoms with Crippen LogP contribution in [0.2, 0.25) is 0 Å². The number of hydrogen-bond donors (Lipinski definition) is 1. The molecule has 3 aromatic rings. The Labute approximate surface area is 176 Å². The van der Waals surface area contributed by atoms with Gasteiger partial charge >= 0.3 is 6.18 Å². The summed E-state index contributed by atoms with van der Waals surface area (Å²) >= 11 is 0. The van der Waals surface area contributed by atoms with Crippen LogP contribution in [0.25, 0.3) is 11.1 Å². The van der Waals surface area contributed by atoms with Gasteiger partial charge in [0.1, 0.15) is 0 Å². The number of nitrogens with one attached hydrogen (secondary N) is 1. The first-order valence-corrected chi connectivity index (χ1v) is 9.20. The fraction of sp³-hybridized carbons (Fsp3) is 0.182. The van der Waals surface area contributed by atoms with E-state index >= 15 is 0 Å². The van der Waals surface area contributed by atoms with Crippen LogP contribution in [0.4, 0.5) is 13.2 Å². The van der Waals surface area contributed by atoms with Gasteiger partial charge in [0.15, 0.2) is 12.3 Å². The number of benzene rings is 2. The lowest BCUT2D eigenvalue weighted by Crippen LogP contribution is -2.27. The Morgan fingerprint density at radius 3 is 2.45 bits per heavy atom. The van der Waals surface area contributed by atoms with Gasteiger partial charge < -0.3 is 10.1 Å². The normalized spacial score (nSPS) is 12.0. The molecule has 3 rings (SSSR count). The second-order valence-corrected chi connectivity index (χ2v) is 6.67. The predicted molar refractivity (Wildman–Crippen MR) is 106 cm³/mol. The molecule has 1 unspecified atom stereocenters. The van der Waals surface area contributed by atoms with Crippen molar-refractivity contribution in [1.29, 1.82) is 5.26 Å². The van der Waals surface area contributed by atoms with Crippen LogP contribution in [0, 0.1) is 11.3 Å². The first-order chi connectivity index (χ1) is 14.7. The summed E-state index contributed by atoms with van der Waals surface area (Å²) in [4.78, 5) is 12.4. The molecule has 0 aliphatic carbocycles. The summed E-state index contributed by atoms with van der Waals surface area (Å²) in [6.07, 6.45) is -4.48. The minimum Gasteiger partial charge on any atom is -0.467 e. The molecule has 1 amide bonds. The van der Waals surface area contributed by atoms with Crippen LogP contribution in [-0.2, 0) is 0 Å². The third-order valence-electron chi connectivity index (χ3n) is 4.34. The third kappa shape index (κ3) is 6.02. The minimum absolute atomic E-state index is 0.0452. The maximum atomic E-state index is 12.4. The number of carbonyl (C=O) groups is 1. The van der Waals surface area contributed by atoms with Crippen molar-refractivity contribution < 1.29 is 22.7 Å². The highest BCUT2D eigenvalue weighted by molar-refractivity contribution is 5.92. The van der Waals surface area contributed by atoms with Crippen molar-refractivity contribution in [1.82, 2.24) is 15.5 Å². The molecule has 0 saturated carbocycles. The zero-order chi connectivity index (χ0) is 22.4. The van der Waals surface area contributed by atoms with Crippen LogP contribution in [-0.4, -0.2) is 28.9 Å². The second kappa shape index (κ2) is 9.26. The molecule has 1 heterocycles. The highest BCUT2D eigenvalue weighted by Gasteiger charge is 2.28. The van der Waals surface area contributed by atoms with Crippen LogP contribution in [0.5, 0.6) is 5.88 Å². The van der Waals surface area contributed by atoms with Crippen LogP contribution in [0.3, 0.4) is 0 Å². The Bertz CT molecular complexity index is 1090. The highest BCUT2D eigenvalue weighted by atomic mass is 19.4. The molecule has 6 nitrogen and oxygen atoms in total. The van der Waals surface area contributed by atoms with Gasteiger partial charge in [-0.25, -0.2) is 0 Å². The number of aromatic nitrogens is 2. The van der Waals surface area contributed by atoms with E-state index in [0.717, 1.165) is 22.8 Å². The van der Waals surface area contributed by atoms with Crippen molar-refractivity contribution in [3.8, 4) is 23.1 Å². The molecule has 0 bridgehead atoms. The molecule has 0 aliphatic rings. The predicted octanol–water partition coefficient (Wildman–Crippen LogP) is 4.45. The van der Waals surface area contributed by atoms with Gasteiger partial charge in [0.05, 0.1) is 17.7 Å².